The maximum atomic E-state index is 5.96. The lowest BCUT2D eigenvalue weighted by Gasteiger charge is -2.08. The van der Waals surface area contributed by atoms with E-state index in [1.807, 2.05) is 24.3 Å². The fourth-order valence-corrected chi connectivity index (χ4v) is 1.89. The molecule has 17 heavy (non-hydrogen) atoms. The van der Waals surface area contributed by atoms with Gasteiger partial charge < -0.3 is 10.5 Å². The van der Waals surface area contributed by atoms with Gasteiger partial charge in [0.1, 0.15) is 0 Å². The van der Waals surface area contributed by atoms with Crippen LogP contribution in [0.1, 0.15) is 5.56 Å². The van der Waals surface area contributed by atoms with Crippen molar-refractivity contribution < 1.29 is 4.74 Å². The van der Waals surface area contributed by atoms with Gasteiger partial charge in [0.05, 0.1) is 19.0 Å². The van der Waals surface area contributed by atoms with Crippen LogP contribution in [0, 0.1) is 0 Å². The number of rotatable bonds is 4. The second kappa shape index (κ2) is 5.21. The van der Waals surface area contributed by atoms with Crippen LogP contribution in [0.5, 0.6) is 5.88 Å². The molecule has 90 valence electrons. The van der Waals surface area contributed by atoms with Crippen molar-refractivity contribution in [2.75, 3.05) is 13.7 Å². The normalized spacial score (nSPS) is 10.5. The number of aromatic nitrogens is 2. The van der Waals surface area contributed by atoms with E-state index in [2.05, 4.69) is 5.10 Å². The molecule has 0 aliphatic heterocycles. The molecule has 0 aliphatic rings. The van der Waals surface area contributed by atoms with E-state index in [0.29, 0.717) is 17.4 Å². The molecule has 0 saturated heterocycles. The van der Waals surface area contributed by atoms with E-state index in [4.69, 9.17) is 22.1 Å². The lowest BCUT2D eigenvalue weighted by atomic mass is 10.2. The van der Waals surface area contributed by atoms with E-state index in [1.165, 1.54) is 0 Å². The van der Waals surface area contributed by atoms with E-state index in [9.17, 15) is 0 Å². The number of methoxy groups -OCH3 is 1. The van der Waals surface area contributed by atoms with Crippen molar-refractivity contribution in [1.82, 2.24) is 9.78 Å². The molecule has 0 saturated carbocycles. The van der Waals surface area contributed by atoms with Crippen molar-refractivity contribution in [2.45, 2.75) is 6.42 Å². The second-order valence-electron chi connectivity index (χ2n) is 3.61. The minimum Gasteiger partial charge on any atom is -0.481 e. The van der Waals surface area contributed by atoms with E-state index in [0.717, 1.165) is 17.7 Å². The summed E-state index contributed by atoms with van der Waals surface area (Å²) in [4.78, 5) is 0. The van der Waals surface area contributed by atoms with Gasteiger partial charge in [-0.2, -0.15) is 5.10 Å². The molecule has 0 fully saturated rings. The first-order valence-electron chi connectivity index (χ1n) is 5.33. The Hall–Kier alpha value is -1.52. The quantitative estimate of drug-likeness (QED) is 0.905. The summed E-state index contributed by atoms with van der Waals surface area (Å²) in [5, 5.41) is 4.96. The molecular formula is C12H14ClN3O. The average molecular weight is 252 g/mol. The van der Waals surface area contributed by atoms with Gasteiger partial charge in [-0.3, -0.25) is 0 Å². The van der Waals surface area contributed by atoms with Crippen LogP contribution < -0.4 is 10.5 Å². The third-order valence-electron chi connectivity index (χ3n) is 2.46. The fourth-order valence-electron chi connectivity index (χ4n) is 1.71. The van der Waals surface area contributed by atoms with E-state index in [1.54, 1.807) is 18.0 Å². The molecule has 2 aromatic rings. The Morgan fingerprint density at radius 2 is 2.29 bits per heavy atom. The zero-order valence-corrected chi connectivity index (χ0v) is 10.3. The monoisotopic (exact) mass is 251 g/mol. The van der Waals surface area contributed by atoms with Gasteiger partial charge in [-0.15, -0.1) is 0 Å². The number of ether oxygens (including phenoxy) is 1. The summed E-state index contributed by atoms with van der Waals surface area (Å²) in [6.07, 6.45) is 2.51. The van der Waals surface area contributed by atoms with Gasteiger partial charge >= 0.3 is 0 Å². The first kappa shape index (κ1) is 12.0. The van der Waals surface area contributed by atoms with Crippen LogP contribution in [0.3, 0.4) is 0 Å². The first-order chi connectivity index (χ1) is 8.26. The molecule has 0 bridgehead atoms. The Bertz CT molecular complexity index is 510. The Kier molecular flexibility index (Phi) is 3.66. The van der Waals surface area contributed by atoms with Gasteiger partial charge in [-0.05, 0) is 31.2 Å². The van der Waals surface area contributed by atoms with Crippen LogP contribution in [-0.4, -0.2) is 23.4 Å². The van der Waals surface area contributed by atoms with Crippen molar-refractivity contribution in [3.8, 4) is 11.6 Å². The standard InChI is InChI=1S/C12H14ClN3O/c1-17-12-9(5-6-14)8-15-16(12)11-4-2-3-10(13)7-11/h2-4,7-8H,5-6,14H2,1H3. The Labute approximate surface area is 105 Å². The van der Waals surface area contributed by atoms with Gasteiger partial charge in [0, 0.05) is 10.6 Å². The summed E-state index contributed by atoms with van der Waals surface area (Å²) in [7, 11) is 1.62. The number of halogens is 1. The van der Waals surface area contributed by atoms with E-state index in [-0.39, 0.29) is 0 Å². The molecule has 1 aromatic heterocycles. The predicted molar refractivity (Wildman–Crippen MR) is 67.9 cm³/mol. The Balaban J connectivity index is 2.45. The second-order valence-corrected chi connectivity index (χ2v) is 4.05. The number of nitrogens with two attached hydrogens (primary N) is 1. The molecule has 0 radical (unpaired) electrons. The molecule has 0 spiro atoms. The SMILES string of the molecule is COc1c(CCN)cnn1-c1cccc(Cl)c1. The third kappa shape index (κ3) is 2.43. The highest BCUT2D eigenvalue weighted by atomic mass is 35.5. The topological polar surface area (TPSA) is 53.1 Å². The number of nitrogens with zero attached hydrogens (tertiary/aromatic N) is 2. The maximum Gasteiger partial charge on any atom is 0.219 e. The van der Waals surface area contributed by atoms with Crippen LogP contribution in [0.2, 0.25) is 5.02 Å². The van der Waals surface area contributed by atoms with Gasteiger partial charge in [0.2, 0.25) is 5.88 Å². The van der Waals surface area contributed by atoms with Crippen molar-refractivity contribution in [3.63, 3.8) is 0 Å². The lowest BCUT2D eigenvalue weighted by Crippen LogP contribution is -2.05. The van der Waals surface area contributed by atoms with Crippen molar-refractivity contribution in [2.24, 2.45) is 5.73 Å². The van der Waals surface area contributed by atoms with Crippen LogP contribution in [0.25, 0.3) is 5.69 Å². The molecule has 0 amide bonds. The van der Waals surface area contributed by atoms with Gasteiger partial charge in [0.25, 0.3) is 0 Å². The number of benzene rings is 1. The number of hydrogen-bond donors (Lipinski definition) is 1. The molecule has 1 aromatic carbocycles. The van der Waals surface area contributed by atoms with Gasteiger partial charge in [0.15, 0.2) is 0 Å². The van der Waals surface area contributed by atoms with E-state index >= 15 is 0 Å². The van der Waals surface area contributed by atoms with Crippen LogP contribution in [0.4, 0.5) is 0 Å². The summed E-state index contributed by atoms with van der Waals surface area (Å²) < 4.78 is 7.08. The van der Waals surface area contributed by atoms with Gasteiger partial charge in [-0.25, -0.2) is 4.68 Å². The maximum absolute atomic E-state index is 5.96. The van der Waals surface area contributed by atoms with Crippen LogP contribution in [-0.2, 0) is 6.42 Å². The highest BCUT2D eigenvalue weighted by Gasteiger charge is 2.12. The largest absolute Gasteiger partial charge is 0.481 e. The van der Waals surface area contributed by atoms with Crippen LogP contribution in [0.15, 0.2) is 30.5 Å². The Morgan fingerprint density at radius 1 is 1.47 bits per heavy atom. The minimum atomic E-state index is 0.567. The summed E-state index contributed by atoms with van der Waals surface area (Å²) >= 11 is 5.96. The molecule has 1 heterocycles. The smallest absolute Gasteiger partial charge is 0.219 e. The van der Waals surface area contributed by atoms with Crippen molar-refractivity contribution in [3.05, 3.63) is 41.0 Å². The minimum absolute atomic E-state index is 0.567. The fraction of sp³-hybridized carbons (Fsp3) is 0.250. The lowest BCUT2D eigenvalue weighted by molar-refractivity contribution is 0.379. The molecule has 4 nitrogen and oxygen atoms in total. The molecule has 5 heteroatoms. The highest BCUT2D eigenvalue weighted by molar-refractivity contribution is 6.30. The van der Waals surface area contributed by atoms with Crippen molar-refractivity contribution in [1.29, 1.82) is 0 Å². The Morgan fingerprint density at radius 3 is 2.94 bits per heavy atom. The molecular weight excluding hydrogens is 238 g/mol. The van der Waals surface area contributed by atoms with Crippen molar-refractivity contribution >= 4 is 11.6 Å². The summed E-state index contributed by atoms with van der Waals surface area (Å²) in [6, 6.07) is 7.46. The predicted octanol–water partition coefficient (Wildman–Crippen LogP) is 2.04. The average Bonchev–Trinajstić information content (AvgIpc) is 2.72. The number of hydrogen-bond acceptors (Lipinski definition) is 3. The summed E-state index contributed by atoms with van der Waals surface area (Å²) in [5.74, 6) is 0.706. The molecule has 0 aliphatic carbocycles. The molecule has 0 atom stereocenters. The molecule has 2 rings (SSSR count). The third-order valence-corrected chi connectivity index (χ3v) is 2.69. The summed E-state index contributed by atoms with van der Waals surface area (Å²) in [6.45, 7) is 0.567. The zero-order chi connectivity index (χ0) is 12.3. The summed E-state index contributed by atoms with van der Waals surface area (Å²) in [5.41, 5.74) is 7.41. The first-order valence-corrected chi connectivity index (χ1v) is 5.71. The highest BCUT2D eigenvalue weighted by Crippen LogP contribution is 2.24. The van der Waals surface area contributed by atoms with Gasteiger partial charge in [-0.1, -0.05) is 17.7 Å². The zero-order valence-electron chi connectivity index (χ0n) is 9.56. The molecule has 0 unspecified atom stereocenters. The van der Waals surface area contributed by atoms with Crippen LogP contribution >= 0.6 is 11.6 Å². The molecule has 2 N–H and O–H groups in total. The van der Waals surface area contributed by atoms with E-state index < -0.39 is 0 Å².